The average molecular weight is 257 g/mol. The SMILES string of the molecule is O=C(Cl)CCC(=O)Nc1cccc([N+](=O)[O-])c1. The molecule has 0 spiro atoms. The molecule has 0 fully saturated rings. The van der Waals surface area contributed by atoms with Crippen LogP contribution in [-0.2, 0) is 9.59 Å². The number of carbonyl (C=O) groups excluding carboxylic acids is 2. The second-order valence-corrected chi connectivity index (χ2v) is 3.63. The predicted molar refractivity (Wildman–Crippen MR) is 61.8 cm³/mol. The molecule has 1 aromatic carbocycles. The number of halogens is 1. The van der Waals surface area contributed by atoms with Crippen molar-refractivity contribution in [1.29, 1.82) is 0 Å². The highest BCUT2D eigenvalue weighted by Gasteiger charge is 2.09. The Labute approximate surface area is 102 Å². The highest BCUT2D eigenvalue weighted by atomic mass is 35.5. The standard InChI is InChI=1S/C10H9ClN2O4/c11-9(14)4-5-10(15)12-7-2-1-3-8(6-7)13(16)17/h1-3,6H,4-5H2,(H,12,15). The molecule has 1 amide bonds. The zero-order valence-electron chi connectivity index (χ0n) is 8.68. The molecule has 0 bridgehead atoms. The fraction of sp³-hybridized carbons (Fsp3) is 0.200. The number of nitro groups is 1. The van der Waals surface area contributed by atoms with E-state index >= 15 is 0 Å². The molecule has 1 N–H and O–H groups in total. The molecule has 7 heteroatoms. The zero-order chi connectivity index (χ0) is 12.8. The minimum atomic E-state index is -0.598. The van der Waals surface area contributed by atoms with E-state index in [1.54, 1.807) is 0 Å². The number of benzene rings is 1. The number of nitrogens with zero attached hydrogens (tertiary/aromatic N) is 1. The molecule has 90 valence electrons. The maximum Gasteiger partial charge on any atom is 0.271 e. The second kappa shape index (κ2) is 5.95. The summed E-state index contributed by atoms with van der Waals surface area (Å²) in [6, 6.07) is 5.53. The maximum atomic E-state index is 11.3. The Morgan fingerprint density at radius 2 is 2.06 bits per heavy atom. The van der Waals surface area contributed by atoms with E-state index in [-0.39, 0.29) is 18.5 Å². The van der Waals surface area contributed by atoms with Gasteiger partial charge in [-0.2, -0.15) is 0 Å². The van der Waals surface area contributed by atoms with Crippen LogP contribution in [0.2, 0.25) is 0 Å². The quantitative estimate of drug-likeness (QED) is 0.496. The lowest BCUT2D eigenvalue weighted by Gasteiger charge is -2.03. The van der Waals surface area contributed by atoms with Crippen LogP contribution < -0.4 is 5.32 Å². The largest absolute Gasteiger partial charge is 0.326 e. The van der Waals surface area contributed by atoms with Crippen LogP contribution in [0, 0.1) is 10.1 Å². The van der Waals surface area contributed by atoms with Crippen LogP contribution >= 0.6 is 11.6 Å². The Bertz CT molecular complexity index is 461. The number of carbonyl (C=O) groups is 2. The molecule has 0 aliphatic carbocycles. The third-order valence-corrected chi connectivity index (χ3v) is 2.08. The summed E-state index contributed by atoms with van der Waals surface area (Å²) in [5.41, 5.74) is 0.197. The molecular formula is C10H9ClN2O4. The van der Waals surface area contributed by atoms with Gasteiger partial charge >= 0.3 is 0 Å². The molecule has 0 radical (unpaired) electrons. The van der Waals surface area contributed by atoms with Crippen molar-refractivity contribution in [1.82, 2.24) is 0 Å². The van der Waals surface area contributed by atoms with Crippen LogP contribution in [0.3, 0.4) is 0 Å². The Morgan fingerprint density at radius 1 is 1.35 bits per heavy atom. The minimum absolute atomic E-state index is 0.0506. The number of rotatable bonds is 5. The number of amides is 1. The van der Waals surface area contributed by atoms with Crippen molar-refractivity contribution in [3.63, 3.8) is 0 Å². The molecule has 6 nitrogen and oxygen atoms in total. The Hall–Kier alpha value is -1.95. The summed E-state index contributed by atoms with van der Waals surface area (Å²) < 4.78 is 0. The van der Waals surface area contributed by atoms with E-state index in [0.717, 1.165) is 0 Å². The summed E-state index contributed by atoms with van der Waals surface area (Å²) in [6.07, 6.45) is -0.118. The smallest absolute Gasteiger partial charge is 0.271 e. The Balaban J connectivity index is 2.62. The van der Waals surface area contributed by atoms with Gasteiger partial charge in [0.15, 0.2) is 0 Å². The summed E-state index contributed by atoms with van der Waals surface area (Å²) >= 11 is 5.08. The van der Waals surface area contributed by atoms with Gasteiger partial charge in [0, 0.05) is 30.7 Å². The molecule has 0 aliphatic rings. The van der Waals surface area contributed by atoms with Gasteiger partial charge in [-0.05, 0) is 17.7 Å². The summed E-state index contributed by atoms with van der Waals surface area (Å²) in [6.45, 7) is 0. The van der Waals surface area contributed by atoms with Crippen molar-refractivity contribution in [3.8, 4) is 0 Å². The fourth-order valence-corrected chi connectivity index (χ4v) is 1.23. The Morgan fingerprint density at radius 3 is 2.65 bits per heavy atom. The van der Waals surface area contributed by atoms with Crippen molar-refractivity contribution in [2.75, 3.05) is 5.32 Å². The summed E-state index contributed by atoms with van der Waals surface area (Å²) in [5, 5.41) is 12.3. The van der Waals surface area contributed by atoms with Crippen molar-refractivity contribution in [3.05, 3.63) is 34.4 Å². The van der Waals surface area contributed by atoms with Crippen LogP contribution in [0.25, 0.3) is 0 Å². The molecule has 0 aliphatic heterocycles. The lowest BCUT2D eigenvalue weighted by molar-refractivity contribution is -0.384. The van der Waals surface area contributed by atoms with E-state index in [9.17, 15) is 19.7 Å². The fourth-order valence-electron chi connectivity index (χ4n) is 1.13. The summed E-state index contributed by atoms with van der Waals surface area (Å²) in [5.74, 6) is -0.417. The number of hydrogen-bond acceptors (Lipinski definition) is 4. The van der Waals surface area contributed by atoms with E-state index in [0.29, 0.717) is 5.69 Å². The molecule has 0 unspecified atom stereocenters. The highest BCUT2D eigenvalue weighted by Crippen LogP contribution is 2.17. The first kappa shape index (κ1) is 13.1. The van der Waals surface area contributed by atoms with E-state index < -0.39 is 16.1 Å². The average Bonchev–Trinajstić information content (AvgIpc) is 2.26. The highest BCUT2D eigenvalue weighted by molar-refractivity contribution is 6.63. The molecule has 0 aromatic heterocycles. The van der Waals surface area contributed by atoms with Crippen molar-refractivity contribution in [2.24, 2.45) is 0 Å². The van der Waals surface area contributed by atoms with E-state index in [2.05, 4.69) is 5.32 Å². The number of nitro benzene ring substituents is 1. The number of anilines is 1. The molecule has 1 aromatic rings. The van der Waals surface area contributed by atoms with Gasteiger partial charge in [0.25, 0.3) is 5.69 Å². The molecule has 17 heavy (non-hydrogen) atoms. The third-order valence-electron chi connectivity index (χ3n) is 1.89. The van der Waals surface area contributed by atoms with Crippen LogP contribution in [-0.4, -0.2) is 16.1 Å². The number of nitrogens with one attached hydrogen (secondary N) is 1. The van der Waals surface area contributed by atoms with Crippen LogP contribution in [0.1, 0.15) is 12.8 Å². The van der Waals surface area contributed by atoms with Gasteiger partial charge in [-0.15, -0.1) is 0 Å². The van der Waals surface area contributed by atoms with Crippen molar-refractivity contribution >= 4 is 34.1 Å². The van der Waals surface area contributed by atoms with E-state index in [4.69, 9.17) is 11.6 Å². The summed E-state index contributed by atoms with van der Waals surface area (Å²) in [7, 11) is 0. The monoisotopic (exact) mass is 256 g/mol. The van der Waals surface area contributed by atoms with Crippen LogP contribution in [0.4, 0.5) is 11.4 Å². The predicted octanol–water partition coefficient (Wildman–Crippen LogP) is 2.08. The van der Waals surface area contributed by atoms with Gasteiger partial charge in [-0.1, -0.05) is 6.07 Å². The van der Waals surface area contributed by atoms with E-state index in [1.807, 2.05) is 0 Å². The molecule has 0 saturated carbocycles. The van der Waals surface area contributed by atoms with Crippen LogP contribution in [0.5, 0.6) is 0 Å². The van der Waals surface area contributed by atoms with Gasteiger partial charge in [-0.3, -0.25) is 19.7 Å². The number of hydrogen-bond donors (Lipinski definition) is 1. The van der Waals surface area contributed by atoms with Gasteiger partial charge in [0.05, 0.1) is 4.92 Å². The Kier molecular flexibility index (Phi) is 4.59. The number of non-ortho nitro benzene ring substituents is 1. The van der Waals surface area contributed by atoms with Gasteiger partial charge in [0.2, 0.25) is 11.1 Å². The van der Waals surface area contributed by atoms with Crippen molar-refractivity contribution < 1.29 is 14.5 Å². The lowest BCUT2D eigenvalue weighted by Crippen LogP contribution is -2.12. The first-order valence-corrected chi connectivity index (χ1v) is 5.09. The van der Waals surface area contributed by atoms with Gasteiger partial charge in [-0.25, -0.2) is 0 Å². The van der Waals surface area contributed by atoms with E-state index in [1.165, 1.54) is 24.3 Å². The molecule has 0 saturated heterocycles. The lowest BCUT2D eigenvalue weighted by atomic mass is 10.2. The zero-order valence-corrected chi connectivity index (χ0v) is 9.44. The molecule has 0 heterocycles. The van der Waals surface area contributed by atoms with Gasteiger partial charge < -0.3 is 5.32 Å². The molecule has 1 rings (SSSR count). The minimum Gasteiger partial charge on any atom is -0.326 e. The van der Waals surface area contributed by atoms with Crippen molar-refractivity contribution in [2.45, 2.75) is 12.8 Å². The maximum absolute atomic E-state index is 11.3. The third kappa shape index (κ3) is 4.60. The second-order valence-electron chi connectivity index (χ2n) is 3.21. The summed E-state index contributed by atoms with van der Waals surface area (Å²) in [4.78, 5) is 31.7. The first-order chi connectivity index (χ1) is 7.99. The first-order valence-electron chi connectivity index (χ1n) is 4.71. The molecular weight excluding hydrogens is 248 g/mol. The van der Waals surface area contributed by atoms with Crippen LogP contribution in [0.15, 0.2) is 24.3 Å². The molecule has 0 atom stereocenters. The normalized spacial score (nSPS) is 9.71. The van der Waals surface area contributed by atoms with Gasteiger partial charge in [0.1, 0.15) is 0 Å². The topological polar surface area (TPSA) is 89.3 Å².